The lowest BCUT2D eigenvalue weighted by Gasteiger charge is -2.12. The SMILES string of the molecule is CCNC(=O)NC(=O)[C@@H](C)OC(=O)c1csc(-c2ccsc2)n1. The van der Waals surface area contributed by atoms with Gasteiger partial charge in [0.25, 0.3) is 5.91 Å². The molecular weight excluding hydrogens is 338 g/mol. The largest absolute Gasteiger partial charge is 0.448 e. The van der Waals surface area contributed by atoms with Crippen molar-refractivity contribution in [2.24, 2.45) is 0 Å². The van der Waals surface area contributed by atoms with Gasteiger partial charge >= 0.3 is 12.0 Å². The Kier molecular flexibility index (Phi) is 5.83. The predicted octanol–water partition coefficient (Wildman–Crippen LogP) is 2.26. The molecule has 122 valence electrons. The number of amides is 3. The number of nitrogens with zero attached hydrogens (tertiary/aromatic N) is 1. The van der Waals surface area contributed by atoms with Crippen LogP contribution in [0.3, 0.4) is 0 Å². The highest BCUT2D eigenvalue weighted by atomic mass is 32.1. The lowest BCUT2D eigenvalue weighted by Crippen LogP contribution is -2.44. The molecule has 0 fully saturated rings. The van der Waals surface area contributed by atoms with Crippen LogP contribution in [0.4, 0.5) is 4.79 Å². The first-order chi connectivity index (χ1) is 11.0. The molecular formula is C14H15N3O4S2. The first kappa shape index (κ1) is 17.1. The molecule has 7 nitrogen and oxygen atoms in total. The zero-order valence-corrected chi connectivity index (χ0v) is 14.1. The van der Waals surface area contributed by atoms with E-state index in [1.807, 2.05) is 16.8 Å². The lowest BCUT2D eigenvalue weighted by molar-refractivity contribution is -0.127. The monoisotopic (exact) mass is 353 g/mol. The summed E-state index contributed by atoms with van der Waals surface area (Å²) >= 11 is 2.85. The van der Waals surface area contributed by atoms with Crippen LogP contribution in [-0.4, -0.2) is 35.5 Å². The van der Waals surface area contributed by atoms with Crippen molar-refractivity contribution in [2.75, 3.05) is 6.54 Å². The fraction of sp³-hybridized carbons (Fsp3) is 0.286. The summed E-state index contributed by atoms with van der Waals surface area (Å²) in [5.41, 5.74) is 1.06. The molecule has 0 bridgehead atoms. The van der Waals surface area contributed by atoms with Crippen LogP contribution in [0, 0.1) is 0 Å². The molecule has 23 heavy (non-hydrogen) atoms. The number of hydrogen-bond acceptors (Lipinski definition) is 7. The second-order valence-corrected chi connectivity index (χ2v) is 6.08. The van der Waals surface area contributed by atoms with Crippen molar-refractivity contribution in [3.05, 3.63) is 27.9 Å². The number of thiophene rings is 1. The molecule has 3 amide bonds. The van der Waals surface area contributed by atoms with Gasteiger partial charge in [0.05, 0.1) is 0 Å². The van der Waals surface area contributed by atoms with Gasteiger partial charge in [-0.15, -0.1) is 11.3 Å². The van der Waals surface area contributed by atoms with Gasteiger partial charge in [-0.2, -0.15) is 11.3 Å². The van der Waals surface area contributed by atoms with E-state index in [0.29, 0.717) is 11.6 Å². The smallest absolute Gasteiger partial charge is 0.358 e. The van der Waals surface area contributed by atoms with E-state index in [1.165, 1.54) is 29.6 Å². The van der Waals surface area contributed by atoms with Crippen molar-refractivity contribution < 1.29 is 19.1 Å². The maximum Gasteiger partial charge on any atom is 0.358 e. The molecule has 1 atom stereocenters. The van der Waals surface area contributed by atoms with E-state index in [9.17, 15) is 14.4 Å². The number of thiazole rings is 1. The molecule has 9 heteroatoms. The lowest BCUT2D eigenvalue weighted by atomic mass is 10.3. The zero-order valence-electron chi connectivity index (χ0n) is 12.5. The Hall–Kier alpha value is -2.26. The minimum Gasteiger partial charge on any atom is -0.448 e. The molecule has 2 heterocycles. The third-order valence-corrected chi connectivity index (χ3v) is 4.28. The molecule has 0 aliphatic carbocycles. The van der Waals surface area contributed by atoms with Crippen LogP contribution in [0.2, 0.25) is 0 Å². The Bertz CT molecular complexity index is 697. The van der Waals surface area contributed by atoms with E-state index in [1.54, 1.807) is 12.3 Å². The van der Waals surface area contributed by atoms with Gasteiger partial charge in [0.2, 0.25) is 0 Å². The second-order valence-electron chi connectivity index (χ2n) is 4.45. The highest BCUT2D eigenvalue weighted by Crippen LogP contribution is 2.25. The number of nitrogens with one attached hydrogen (secondary N) is 2. The molecule has 2 rings (SSSR count). The van der Waals surface area contributed by atoms with E-state index >= 15 is 0 Å². The van der Waals surface area contributed by atoms with E-state index in [2.05, 4.69) is 15.6 Å². The van der Waals surface area contributed by atoms with Crippen LogP contribution in [0.15, 0.2) is 22.2 Å². The fourth-order valence-electron chi connectivity index (χ4n) is 1.58. The van der Waals surface area contributed by atoms with Gasteiger partial charge < -0.3 is 10.1 Å². The van der Waals surface area contributed by atoms with E-state index in [0.717, 1.165) is 5.56 Å². The number of esters is 1. The summed E-state index contributed by atoms with van der Waals surface area (Å²) in [4.78, 5) is 39.2. The number of rotatable bonds is 5. The van der Waals surface area contributed by atoms with Crippen LogP contribution < -0.4 is 10.6 Å². The maximum absolute atomic E-state index is 12.0. The highest BCUT2D eigenvalue weighted by Gasteiger charge is 2.22. The first-order valence-electron chi connectivity index (χ1n) is 6.79. The molecule has 2 aromatic heterocycles. The Balaban J connectivity index is 1.93. The standard InChI is InChI=1S/C14H15N3O4S2/c1-3-15-14(20)17-11(18)8(2)21-13(19)10-7-23-12(16-10)9-4-5-22-6-9/h4-8H,3H2,1-2H3,(H2,15,17,18,20)/t8-/m1/s1. The van der Waals surface area contributed by atoms with Gasteiger partial charge in [-0.1, -0.05) is 0 Å². The molecule has 0 unspecified atom stereocenters. The summed E-state index contributed by atoms with van der Waals surface area (Å²) in [6.45, 7) is 3.50. The quantitative estimate of drug-likeness (QED) is 0.804. The number of ether oxygens (including phenoxy) is 1. The topological polar surface area (TPSA) is 97.4 Å². The second kappa shape index (κ2) is 7.84. The molecule has 0 aliphatic heterocycles. The van der Waals surface area contributed by atoms with Gasteiger partial charge in [-0.05, 0) is 25.3 Å². The number of carbonyl (C=O) groups is 3. The third kappa shape index (κ3) is 4.60. The summed E-state index contributed by atoms with van der Waals surface area (Å²) in [6, 6.07) is 1.27. The molecule has 0 spiro atoms. The number of aromatic nitrogens is 1. The Morgan fingerprint density at radius 1 is 1.35 bits per heavy atom. The van der Waals surface area contributed by atoms with Crippen molar-refractivity contribution in [3.8, 4) is 10.6 Å². The average molecular weight is 353 g/mol. The number of carbonyl (C=O) groups excluding carboxylic acids is 3. The summed E-state index contributed by atoms with van der Waals surface area (Å²) < 4.78 is 5.02. The minimum atomic E-state index is -1.10. The van der Waals surface area contributed by atoms with Crippen molar-refractivity contribution >= 4 is 40.6 Å². The van der Waals surface area contributed by atoms with E-state index in [4.69, 9.17) is 4.74 Å². The molecule has 0 aromatic carbocycles. The number of urea groups is 1. The van der Waals surface area contributed by atoms with Gasteiger partial charge in [-0.25, -0.2) is 14.6 Å². The maximum atomic E-state index is 12.0. The Morgan fingerprint density at radius 2 is 2.13 bits per heavy atom. The first-order valence-corrected chi connectivity index (χ1v) is 8.61. The summed E-state index contributed by atoms with van der Waals surface area (Å²) in [6.07, 6.45) is -1.10. The Morgan fingerprint density at radius 3 is 2.78 bits per heavy atom. The van der Waals surface area contributed by atoms with Crippen molar-refractivity contribution in [3.63, 3.8) is 0 Å². The van der Waals surface area contributed by atoms with Gasteiger partial charge in [0.1, 0.15) is 5.01 Å². The number of imide groups is 1. The fourth-order valence-corrected chi connectivity index (χ4v) is 3.08. The molecule has 0 saturated heterocycles. The minimum absolute atomic E-state index is 0.133. The normalized spacial score (nSPS) is 11.6. The summed E-state index contributed by atoms with van der Waals surface area (Å²) in [7, 11) is 0. The summed E-state index contributed by atoms with van der Waals surface area (Å²) in [5.74, 6) is -1.40. The zero-order chi connectivity index (χ0) is 16.8. The van der Waals surface area contributed by atoms with Crippen LogP contribution >= 0.6 is 22.7 Å². The van der Waals surface area contributed by atoms with Gasteiger partial charge in [0.15, 0.2) is 11.8 Å². The predicted molar refractivity (Wildman–Crippen MR) is 87.5 cm³/mol. The van der Waals surface area contributed by atoms with Crippen LogP contribution in [0.1, 0.15) is 24.3 Å². The summed E-state index contributed by atoms with van der Waals surface area (Å²) in [5, 5.41) is 10.6. The molecule has 2 N–H and O–H groups in total. The van der Waals surface area contributed by atoms with Crippen LogP contribution in [0.5, 0.6) is 0 Å². The van der Waals surface area contributed by atoms with Crippen molar-refractivity contribution in [2.45, 2.75) is 20.0 Å². The highest BCUT2D eigenvalue weighted by molar-refractivity contribution is 7.14. The van der Waals surface area contributed by atoms with Gasteiger partial charge in [0, 0.05) is 22.9 Å². The third-order valence-electron chi connectivity index (χ3n) is 2.71. The van der Waals surface area contributed by atoms with E-state index in [-0.39, 0.29) is 5.69 Å². The molecule has 2 aromatic rings. The van der Waals surface area contributed by atoms with Crippen molar-refractivity contribution in [1.82, 2.24) is 15.6 Å². The number of hydrogen-bond donors (Lipinski definition) is 2. The van der Waals surface area contributed by atoms with E-state index < -0.39 is 24.0 Å². The Labute approximate surface area is 140 Å². The van der Waals surface area contributed by atoms with Crippen LogP contribution in [-0.2, 0) is 9.53 Å². The van der Waals surface area contributed by atoms with Crippen LogP contribution in [0.25, 0.3) is 10.6 Å². The molecule has 0 radical (unpaired) electrons. The molecule has 0 aliphatic rings. The van der Waals surface area contributed by atoms with Gasteiger partial charge in [-0.3, -0.25) is 10.1 Å². The molecule has 0 saturated carbocycles. The van der Waals surface area contributed by atoms with Crippen molar-refractivity contribution in [1.29, 1.82) is 0 Å². The average Bonchev–Trinajstić information content (AvgIpc) is 3.18.